The first-order valence-electron chi connectivity index (χ1n) is 4.69. The first-order valence-corrected chi connectivity index (χ1v) is 6.06. The molecule has 0 aliphatic heterocycles. The van der Waals surface area contributed by atoms with E-state index in [-0.39, 0.29) is 40.5 Å². The number of aromatic nitrogens is 1. The molecule has 0 bridgehead atoms. The highest BCUT2D eigenvalue weighted by molar-refractivity contribution is 8.00. The van der Waals surface area contributed by atoms with Crippen LogP contribution in [0, 0.1) is 0 Å². The van der Waals surface area contributed by atoms with Crippen molar-refractivity contribution in [3.05, 3.63) is 23.0 Å². The molecule has 0 atom stereocenters. The number of thioether (sulfide) groups is 1. The number of nitrogens with one attached hydrogen (secondary N) is 1. The topological polar surface area (TPSA) is 68.0 Å². The molecule has 1 rings (SSSR count). The fourth-order valence-electron chi connectivity index (χ4n) is 1.05. The zero-order valence-corrected chi connectivity index (χ0v) is 10.5. The molecule has 0 spiro atoms. The van der Waals surface area contributed by atoms with Crippen LogP contribution in [0.2, 0.25) is 5.15 Å². The predicted molar refractivity (Wildman–Crippen MR) is 64.5 cm³/mol. The summed E-state index contributed by atoms with van der Waals surface area (Å²) in [5.74, 6) is -0.884. The number of nitrogens with zero attached hydrogens (tertiary/aromatic N) is 1. The molecule has 18 heavy (non-hydrogen) atoms. The second-order valence-corrected chi connectivity index (χ2v) is 4.67. The standard InChI is InChI=1S/C9H9ClF3N3OS/c10-7-6(3-5(14)4-16-7)8(17)15-1-2-18-9(11,12)13/h3-4H,1-2,14H2,(H,15,17). The lowest BCUT2D eigenvalue weighted by molar-refractivity contribution is -0.0327. The molecule has 3 N–H and O–H groups in total. The zero-order valence-electron chi connectivity index (χ0n) is 8.92. The molecule has 1 heterocycles. The van der Waals surface area contributed by atoms with Crippen LogP contribution in [0.15, 0.2) is 12.3 Å². The summed E-state index contributed by atoms with van der Waals surface area (Å²) >= 11 is 5.45. The number of carbonyl (C=O) groups is 1. The SMILES string of the molecule is Nc1cnc(Cl)c(C(=O)NCCSC(F)(F)F)c1. The van der Waals surface area contributed by atoms with E-state index in [1.165, 1.54) is 12.3 Å². The molecule has 0 saturated heterocycles. The Morgan fingerprint density at radius 3 is 2.83 bits per heavy atom. The number of halogens is 4. The number of carbonyl (C=O) groups excluding carboxylic acids is 1. The predicted octanol–water partition coefficient (Wildman–Crippen LogP) is 2.30. The van der Waals surface area contributed by atoms with E-state index in [0.717, 1.165) is 0 Å². The van der Waals surface area contributed by atoms with Crippen molar-refractivity contribution in [3.8, 4) is 0 Å². The van der Waals surface area contributed by atoms with E-state index in [1.807, 2.05) is 0 Å². The van der Waals surface area contributed by atoms with Gasteiger partial charge in [-0.15, -0.1) is 0 Å². The highest BCUT2D eigenvalue weighted by atomic mass is 35.5. The van der Waals surface area contributed by atoms with Crippen LogP contribution in [-0.2, 0) is 0 Å². The van der Waals surface area contributed by atoms with Gasteiger partial charge in [0.1, 0.15) is 5.15 Å². The van der Waals surface area contributed by atoms with Crippen molar-refractivity contribution in [2.24, 2.45) is 0 Å². The molecule has 0 fully saturated rings. The Morgan fingerprint density at radius 1 is 1.56 bits per heavy atom. The molecule has 1 aromatic rings. The van der Waals surface area contributed by atoms with Crippen LogP contribution in [0.3, 0.4) is 0 Å². The maximum atomic E-state index is 11.8. The van der Waals surface area contributed by atoms with E-state index < -0.39 is 11.4 Å². The normalized spacial score (nSPS) is 11.3. The Kier molecular flexibility index (Phi) is 5.09. The zero-order chi connectivity index (χ0) is 13.8. The first kappa shape index (κ1) is 14.9. The average Bonchev–Trinajstić information content (AvgIpc) is 2.26. The van der Waals surface area contributed by atoms with E-state index in [2.05, 4.69) is 10.3 Å². The molecular weight excluding hydrogens is 291 g/mol. The second kappa shape index (κ2) is 6.14. The van der Waals surface area contributed by atoms with Gasteiger partial charge in [0.15, 0.2) is 0 Å². The van der Waals surface area contributed by atoms with Crippen molar-refractivity contribution < 1.29 is 18.0 Å². The number of nitrogen functional groups attached to an aromatic ring is 1. The molecule has 9 heteroatoms. The smallest absolute Gasteiger partial charge is 0.397 e. The van der Waals surface area contributed by atoms with Crippen LogP contribution < -0.4 is 11.1 Å². The van der Waals surface area contributed by atoms with Crippen LogP contribution in [0.25, 0.3) is 0 Å². The van der Waals surface area contributed by atoms with Gasteiger partial charge < -0.3 is 11.1 Å². The number of rotatable bonds is 4. The van der Waals surface area contributed by atoms with Crippen LogP contribution in [0.1, 0.15) is 10.4 Å². The van der Waals surface area contributed by atoms with Gasteiger partial charge in [-0.3, -0.25) is 4.79 Å². The van der Waals surface area contributed by atoms with E-state index in [9.17, 15) is 18.0 Å². The van der Waals surface area contributed by atoms with E-state index in [0.29, 0.717) is 0 Å². The Balaban J connectivity index is 2.48. The number of anilines is 1. The van der Waals surface area contributed by atoms with Crippen molar-refractivity contribution in [3.63, 3.8) is 0 Å². The number of alkyl halides is 3. The minimum absolute atomic E-state index is 0.0358. The third-order valence-corrected chi connectivity index (χ3v) is 2.79. The number of nitrogens with two attached hydrogens (primary N) is 1. The lowest BCUT2D eigenvalue weighted by atomic mass is 10.2. The molecule has 0 aliphatic rings. The van der Waals surface area contributed by atoms with Crippen LogP contribution in [0.5, 0.6) is 0 Å². The molecule has 0 aliphatic carbocycles. The number of pyridine rings is 1. The molecule has 4 nitrogen and oxygen atoms in total. The van der Waals surface area contributed by atoms with Gasteiger partial charge in [-0.1, -0.05) is 11.6 Å². The first-order chi connectivity index (χ1) is 8.29. The highest BCUT2D eigenvalue weighted by Crippen LogP contribution is 2.29. The van der Waals surface area contributed by atoms with Gasteiger partial charge >= 0.3 is 5.51 Å². The summed E-state index contributed by atoms with van der Waals surface area (Å²) in [6.45, 7) is -0.131. The fraction of sp³-hybridized carbons (Fsp3) is 0.333. The van der Waals surface area contributed by atoms with E-state index in [1.54, 1.807) is 0 Å². The minimum atomic E-state index is -4.30. The van der Waals surface area contributed by atoms with Gasteiger partial charge in [0, 0.05) is 12.3 Å². The summed E-state index contributed by atoms with van der Waals surface area (Å²) in [5, 5.41) is 2.25. The van der Waals surface area contributed by atoms with Crippen molar-refractivity contribution in [1.82, 2.24) is 10.3 Å². The summed E-state index contributed by atoms with van der Waals surface area (Å²) < 4.78 is 35.5. The van der Waals surface area contributed by atoms with Gasteiger partial charge in [-0.2, -0.15) is 13.2 Å². The number of hydrogen-bond acceptors (Lipinski definition) is 4. The summed E-state index contributed by atoms with van der Waals surface area (Å²) in [6.07, 6.45) is 1.28. The maximum Gasteiger partial charge on any atom is 0.441 e. The Labute approximate surface area is 110 Å². The van der Waals surface area contributed by atoms with E-state index in [4.69, 9.17) is 17.3 Å². The molecule has 1 aromatic heterocycles. The van der Waals surface area contributed by atoms with E-state index >= 15 is 0 Å². The van der Waals surface area contributed by atoms with Gasteiger partial charge in [-0.25, -0.2) is 4.98 Å². The van der Waals surface area contributed by atoms with Crippen molar-refractivity contribution in [2.75, 3.05) is 18.0 Å². The third kappa shape index (κ3) is 5.01. The lowest BCUT2D eigenvalue weighted by Gasteiger charge is -2.08. The second-order valence-electron chi connectivity index (χ2n) is 3.16. The summed E-state index contributed by atoms with van der Waals surface area (Å²) in [4.78, 5) is 15.2. The van der Waals surface area contributed by atoms with Crippen LogP contribution >= 0.6 is 23.4 Å². The molecule has 1 amide bonds. The molecule has 0 aromatic carbocycles. The van der Waals surface area contributed by atoms with Crippen LogP contribution in [0.4, 0.5) is 18.9 Å². The number of hydrogen-bond donors (Lipinski definition) is 2. The molecular formula is C9H9ClF3N3OS. The molecule has 100 valence electrons. The Bertz CT molecular complexity index is 442. The van der Waals surface area contributed by atoms with Gasteiger partial charge in [0.05, 0.1) is 17.4 Å². The average molecular weight is 300 g/mol. The lowest BCUT2D eigenvalue weighted by Crippen LogP contribution is -2.27. The van der Waals surface area contributed by atoms with Gasteiger partial charge in [0.2, 0.25) is 0 Å². The monoisotopic (exact) mass is 299 g/mol. The summed E-state index contributed by atoms with van der Waals surface area (Å²) in [7, 11) is 0. The third-order valence-electron chi connectivity index (χ3n) is 1.76. The Hall–Kier alpha value is -1.15. The Morgan fingerprint density at radius 2 is 2.22 bits per heavy atom. The molecule has 0 saturated carbocycles. The van der Waals surface area contributed by atoms with Gasteiger partial charge in [-0.05, 0) is 17.8 Å². The molecule has 0 unspecified atom stereocenters. The number of amides is 1. The quantitative estimate of drug-likeness (QED) is 0.661. The fourth-order valence-corrected chi connectivity index (χ4v) is 1.67. The largest absolute Gasteiger partial charge is 0.441 e. The van der Waals surface area contributed by atoms with Crippen molar-refractivity contribution in [1.29, 1.82) is 0 Å². The van der Waals surface area contributed by atoms with Crippen LogP contribution in [-0.4, -0.2) is 28.7 Å². The summed E-state index contributed by atoms with van der Waals surface area (Å²) in [6, 6.07) is 1.31. The minimum Gasteiger partial charge on any atom is -0.397 e. The summed E-state index contributed by atoms with van der Waals surface area (Å²) in [5.41, 5.74) is 1.40. The van der Waals surface area contributed by atoms with Crippen molar-refractivity contribution >= 4 is 35.0 Å². The highest BCUT2D eigenvalue weighted by Gasteiger charge is 2.27. The molecule has 0 radical (unpaired) electrons. The van der Waals surface area contributed by atoms with Crippen molar-refractivity contribution in [2.45, 2.75) is 5.51 Å². The maximum absolute atomic E-state index is 11.8. The van der Waals surface area contributed by atoms with Gasteiger partial charge in [0.25, 0.3) is 5.91 Å².